The van der Waals surface area contributed by atoms with Crippen molar-refractivity contribution in [3.63, 3.8) is 0 Å². The number of ether oxygens (including phenoxy) is 2. The van der Waals surface area contributed by atoms with Gasteiger partial charge in [0.25, 0.3) is 0 Å². The minimum atomic E-state index is -4.67. The van der Waals surface area contributed by atoms with Gasteiger partial charge in [-0.05, 0) is 91.9 Å². The van der Waals surface area contributed by atoms with E-state index in [1.54, 1.807) is 12.1 Å². The molecule has 1 saturated heterocycles. The van der Waals surface area contributed by atoms with Crippen molar-refractivity contribution in [1.82, 2.24) is 4.90 Å². The van der Waals surface area contributed by atoms with Gasteiger partial charge >= 0.3 is 6.18 Å². The number of benzene rings is 3. The molecule has 0 aliphatic carbocycles. The van der Waals surface area contributed by atoms with Crippen LogP contribution >= 0.6 is 0 Å². The van der Waals surface area contributed by atoms with Crippen molar-refractivity contribution in [2.75, 3.05) is 19.7 Å². The molecule has 5 nitrogen and oxygen atoms in total. The van der Waals surface area contributed by atoms with Gasteiger partial charge in [-0.3, -0.25) is 4.90 Å². The summed E-state index contributed by atoms with van der Waals surface area (Å²) in [6.07, 6.45) is -4.13. The van der Waals surface area contributed by atoms with Crippen LogP contribution in [0.1, 0.15) is 55.5 Å². The van der Waals surface area contributed by atoms with Crippen molar-refractivity contribution >= 4 is 11.1 Å². The Morgan fingerprint density at radius 2 is 1.79 bits per heavy atom. The monoisotopic (exact) mass is 539 g/mol. The van der Waals surface area contributed by atoms with Crippen molar-refractivity contribution in [3.05, 3.63) is 82.9 Å². The molecule has 3 aromatic carbocycles. The number of allylic oxidation sites excluding steroid dienone is 1. The van der Waals surface area contributed by atoms with Crippen LogP contribution in [0.2, 0.25) is 0 Å². The van der Waals surface area contributed by atoms with Gasteiger partial charge in [0.15, 0.2) is 0 Å². The summed E-state index contributed by atoms with van der Waals surface area (Å²) >= 11 is 0. The van der Waals surface area contributed by atoms with E-state index in [-0.39, 0.29) is 5.75 Å². The smallest absolute Gasteiger partial charge is 0.419 e. The van der Waals surface area contributed by atoms with Crippen LogP contribution in [0.5, 0.6) is 23.0 Å². The number of fused-ring (bicyclic) bond motifs is 1. The number of phenolic OH excluding ortho intramolecular Hbond substituents is 2. The van der Waals surface area contributed by atoms with E-state index in [2.05, 4.69) is 18.7 Å². The van der Waals surface area contributed by atoms with Crippen LogP contribution in [-0.4, -0.2) is 40.9 Å². The summed E-state index contributed by atoms with van der Waals surface area (Å²) < 4.78 is 52.3. The van der Waals surface area contributed by atoms with Crippen LogP contribution in [-0.2, 0) is 6.18 Å². The molecule has 2 aliphatic rings. The Kier molecular flexibility index (Phi) is 7.25. The predicted molar refractivity (Wildman–Crippen MR) is 144 cm³/mol. The Labute approximate surface area is 226 Å². The van der Waals surface area contributed by atoms with Crippen molar-refractivity contribution < 1.29 is 32.9 Å². The lowest BCUT2D eigenvalue weighted by atomic mass is 9.85. The summed E-state index contributed by atoms with van der Waals surface area (Å²) in [5.41, 5.74) is 2.02. The van der Waals surface area contributed by atoms with E-state index in [0.29, 0.717) is 46.8 Å². The molecule has 3 aromatic rings. The maximum Gasteiger partial charge on any atom is 0.419 e. The molecule has 8 heteroatoms. The molecule has 0 aromatic heterocycles. The zero-order chi connectivity index (χ0) is 27.9. The molecule has 5 rings (SSSR count). The molecule has 0 bridgehead atoms. The van der Waals surface area contributed by atoms with Gasteiger partial charge in [-0.15, -0.1) is 0 Å². The summed E-state index contributed by atoms with van der Waals surface area (Å²) in [7, 11) is 0. The molecule has 2 N–H and O–H groups in total. The largest absolute Gasteiger partial charge is 0.508 e. The molecule has 0 spiro atoms. The fourth-order valence-corrected chi connectivity index (χ4v) is 5.41. The highest BCUT2D eigenvalue weighted by Crippen LogP contribution is 2.48. The van der Waals surface area contributed by atoms with Gasteiger partial charge in [-0.25, -0.2) is 0 Å². The van der Waals surface area contributed by atoms with Crippen LogP contribution in [0, 0.1) is 5.92 Å². The van der Waals surface area contributed by atoms with Crippen molar-refractivity contribution in [3.8, 4) is 23.0 Å². The highest BCUT2D eigenvalue weighted by Gasteiger charge is 2.35. The molecule has 3 atom stereocenters. The highest BCUT2D eigenvalue weighted by atomic mass is 19.4. The van der Waals surface area contributed by atoms with Gasteiger partial charge in [0, 0.05) is 23.7 Å². The van der Waals surface area contributed by atoms with E-state index in [1.165, 1.54) is 18.6 Å². The highest BCUT2D eigenvalue weighted by molar-refractivity contribution is 5.96. The topological polar surface area (TPSA) is 62.2 Å². The second-order valence-corrected chi connectivity index (χ2v) is 10.6. The quantitative estimate of drug-likeness (QED) is 0.345. The average Bonchev–Trinajstić information content (AvgIpc) is 3.33. The van der Waals surface area contributed by atoms with Gasteiger partial charge in [0.05, 0.1) is 5.56 Å². The molecule has 2 aliphatic heterocycles. The first-order valence-corrected chi connectivity index (χ1v) is 13.1. The maximum absolute atomic E-state index is 13.3. The average molecular weight is 540 g/mol. The van der Waals surface area contributed by atoms with Crippen molar-refractivity contribution in [2.45, 2.75) is 45.5 Å². The summed E-state index contributed by atoms with van der Waals surface area (Å²) in [6, 6.07) is 15.9. The molecule has 2 heterocycles. The third-order valence-electron chi connectivity index (χ3n) is 7.64. The molecule has 206 valence electrons. The molecule has 39 heavy (non-hydrogen) atoms. The number of nitrogens with zero attached hydrogens (tertiary/aromatic N) is 1. The van der Waals surface area contributed by atoms with Crippen LogP contribution in [0.4, 0.5) is 13.2 Å². The zero-order valence-corrected chi connectivity index (χ0v) is 22.1. The molecular formula is C31H32F3NO4. The Morgan fingerprint density at radius 3 is 2.44 bits per heavy atom. The summed E-state index contributed by atoms with van der Waals surface area (Å²) in [4.78, 5) is 2.43. The number of phenols is 2. The van der Waals surface area contributed by atoms with E-state index >= 15 is 0 Å². The normalized spacial score (nSPS) is 20.5. The zero-order valence-electron chi connectivity index (χ0n) is 22.1. The van der Waals surface area contributed by atoms with Crippen LogP contribution in [0.15, 0.2) is 60.7 Å². The summed E-state index contributed by atoms with van der Waals surface area (Å²) in [5.74, 6) is 1.15. The number of halogens is 3. The van der Waals surface area contributed by atoms with Gasteiger partial charge in [-0.1, -0.05) is 25.1 Å². The van der Waals surface area contributed by atoms with Crippen LogP contribution < -0.4 is 9.47 Å². The number of alkyl halides is 3. The molecule has 0 amide bonds. The second kappa shape index (κ2) is 10.5. The third kappa shape index (κ3) is 5.57. The Morgan fingerprint density at radius 1 is 1.05 bits per heavy atom. The lowest BCUT2D eigenvalue weighted by Gasteiger charge is -2.31. The van der Waals surface area contributed by atoms with E-state index in [4.69, 9.17) is 9.47 Å². The maximum atomic E-state index is 13.3. The minimum Gasteiger partial charge on any atom is -0.508 e. The van der Waals surface area contributed by atoms with Gasteiger partial charge in [0.2, 0.25) is 0 Å². The first-order chi connectivity index (χ1) is 18.5. The number of hydrogen-bond donors (Lipinski definition) is 2. The number of likely N-dealkylation sites (tertiary alicyclic amines) is 1. The lowest BCUT2D eigenvalue weighted by Crippen LogP contribution is -2.35. The Bertz CT molecular complexity index is 1380. The molecular weight excluding hydrogens is 507 g/mol. The standard InChI is InChI=1S/C31H32F3NO4/c1-18-12-13-35(16-18)19(2)17-38-24-8-4-21(5-9-24)30-29(20(3)25-15-23(36)7-11-28(25)39-30)22-6-10-26(27(37)14-22)31(32,33)34/h4-11,14-15,18-19,30,36-37H,12-13,16-17H2,1-3H3. The van der Waals surface area contributed by atoms with Gasteiger partial charge < -0.3 is 19.7 Å². The number of rotatable bonds is 6. The summed E-state index contributed by atoms with van der Waals surface area (Å²) in [5, 5.41) is 20.3. The molecule has 0 saturated carbocycles. The van der Waals surface area contributed by atoms with Crippen molar-refractivity contribution in [2.24, 2.45) is 5.92 Å². The van der Waals surface area contributed by atoms with Gasteiger partial charge in [0.1, 0.15) is 35.7 Å². The van der Waals surface area contributed by atoms with E-state index in [1.807, 2.05) is 31.2 Å². The fraction of sp³-hybridized carbons (Fsp3) is 0.355. The molecule has 3 unspecified atom stereocenters. The van der Waals surface area contributed by atoms with Crippen molar-refractivity contribution in [1.29, 1.82) is 0 Å². The van der Waals surface area contributed by atoms with E-state index < -0.39 is 23.6 Å². The molecule has 1 fully saturated rings. The van der Waals surface area contributed by atoms with Crippen LogP contribution in [0.25, 0.3) is 11.1 Å². The van der Waals surface area contributed by atoms with E-state index in [0.717, 1.165) is 36.4 Å². The number of aromatic hydroxyl groups is 2. The second-order valence-electron chi connectivity index (χ2n) is 10.6. The summed E-state index contributed by atoms with van der Waals surface area (Å²) in [6.45, 7) is 8.98. The first kappa shape index (κ1) is 26.9. The minimum absolute atomic E-state index is 0.0453. The SMILES string of the molecule is CC1=C(c2ccc(C(F)(F)F)c(O)c2)C(c2ccc(OCC(C)N3CCC(C)C3)cc2)Oc2ccc(O)cc21. The van der Waals surface area contributed by atoms with Gasteiger partial charge in [-0.2, -0.15) is 13.2 Å². The predicted octanol–water partition coefficient (Wildman–Crippen LogP) is 7.29. The lowest BCUT2D eigenvalue weighted by molar-refractivity contribution is -0.138. The molecule has 0 radical (unpaired) electrons. The first-order valence-electron chi connectivity index (χ1n) is 13.1. The van der Waals surface area contributed by atoms with E-state index in [9.17, 15) is 23.4 Å². The third-order valence-corrected chi connectivity index (χ3v) is 7.64. The fourth-order valence-electron chi connectivity index (χ4n) is 5.41. The van der Waals surface area contributed by atoms with Crippen LogP contribution in [0.3, 0.4) is 0 Å². The Balaban J connectivity index is 1.45. The number of hydrogen-bond acceptors (Lipinski definition) is 5. The Hall–Kier alpha value is -3.65.